The van der Waals surface area contributed by atoms with E-state index in [9.17, 15) is 24.3 Å². The van der Waals surface area contributed by atoms with Gasteiger partial charge in [0.25, 0.3) is 0 Å². The summed E-state index contributed by atoms with van der Waals surface area (Å²) in [7, 11) is 0. The van der Waals surface area contributed by atoms with Crippen LogP contribution in [0, 0.1) is 11.8 Å². The third-order valence-corrected chi connectivity index (χ3v) is 6.10. The molecule has 196 valence electrons. The molecule has 1 aromatic carbocycles. The molecule has 0 spiro atoms. The van der Waals surface area contributed by atoms with Crippen molar-refractivity contribution in [2.45, 2.75) is 71.1 Å². The van der Waals surface area contributed by atoms with Crippen molar-refractivity contribution in [2.24, 2.45) is 17.6 Å². The van der Waals surface area contributed by atoms with E-state index in [4.69, 9.17) is 5.73 Å². The Hall–Kier alpha value is -2.59. The lowest BCUT2D eigenvalue weighted by Gasteiger charge is -2.27. The third kappa shape index (κ3) is 11.1. The number of carbonyl (C=O) groups excluding carboxylic acids is 3. The monoisotopic (exact) mass is 508 g/mol. The lowest BCUT2D eigenvalue weighted by atomic mass is 9.99. The first kappa shape index (κ1) is 30.4. The summed E-state index contributed by atoms with van der Waals surface area (Å²) in [6, 6.07) is 5.46. The molecule has 0 heterocycles. The van der Waals surface area contributed by atoms with Crippen molar-refractivity contribution in [1.29, 1.82) is 0 Å². The van der Waals surface area contributed by atoms with E-state index in [-0.39, 0.29) is 24.7 Å². The maximum Gasteiger partial charge on any atom is 0.326 e. The molecule has 0 aromatic heterocycles. The zero-order chi connectivity index (χ0) is 26.5. The Morgan fingerprint density at radius 1 is 0.914 bits per heavy atom. The Morgan fingerprint density at radius 3 is 2.03 bits per heavy atom. The molecule has 1 aromatic rings. The molecule has 35 heavy (non-hydrogen) atoms. The normalized spacial score (nSPS) is 14.6. The zero-order valence-electron chi connectivity index (χ0n) is 21.2. The van der Waals surface area contributed by atoms with Gasteiger partial charge in [0, 0.05) is 6.42 Å². The molecule has 0 aliphatic carbocycles. The predicted octanol–water partition coefficient (Wildman–Crippen LogP) is 1.55. The Bertz CT molecular complexity index is 834. The Balaban J connectivity index is 3.04. The number of amides is 3. The summed E-state index contributed by atoms with van der Waals surface area (Å²) in [4.78, 5) is 50.5. The van der Waals surface area contributed by atoms with Gasteiger partial charge in [-0.15, -0.1) is 0 Å². The van der Waals surface area contributed by atoms with Crippen LogP contribution in [0.25, 0.3) is 0 Å². The number of benzene rings is 1. The minimum Gasteiger partial charge on any atom is -0.480 e. The molecule has 3 amide bonds. The van der Waals surface area contributed by atoms with Crippen LogP contribution in [0.4, 0.5) is 0 Å². The number of carboxylic acids is 1. The van der Waals surface area contributed by atoms with Crippen LogP contribution in [0.2, 0.25) is 0 Å². The molecule has 0 aliphatic rings. The van der Waals surface area contributed by atoms with Gasteiger partial charge in [0.15, 0.2) is 0 Å². The molecular formula is C25H40N4O5S. The molecule has 4 atom stereocenters. The van der Waals surface area contributed by atoms with Gasteiger partial charge in [-0.1, -0.05) is 58.0 Å². The van der Waals surface area contributed by atoms with Gasteiger partial charge in [0.2, 0.25) is 17.7 Å². The van der Waals surface area contributed by atoms with Gasteiger partial charge in [-0.25, -0.2) is 4.79 Å². The van der Waals surface area contributed by atoms with Crippen LogP contribution < -0.4 is 21.7 Å². The van der Waals surface area contributed by atoms with Crippen LogP contribution in [0.1, 0.15) is 46.1 Å². The van der Waals surface area contributed by atoms with E-state index >= 15 is 0 Å². The van der Waals surface area contributed by atoms with Crippen LogP contribution in [0.15, 0.2) is 30.3 Å². The van der Waals surface area contributed by atoms with Gasteiger partial charge in [0.1, 0.15) is 18.1 Å². The summed E-state index contributed by atoms with van der Waals surface area (Å²) < 4.78 is 0. The lowest BCUT2D eigenvalue weighted by molar-refractivity contribution is -0.143. The molecule has 6 N–H and O–H groups in total. The van der Waals surface area contributed by atoms with E-state index in [1.165, 1.54) is 0 Å². The first-order valence-corrected chi connectivity index (χ1v) is 13.3. The summed E-state index contributed by atoms with van der Waals surface area (Å²) in [5, 5.41) is 17.5. The van der Waals surface area contributed by atoms with Crippen LogP contribution >= 0.6 is 11.8 Å². The molecule has 0 aliphatic heterocycles. The number of carboxylic acid groups (broad SMARTS) is 1. The number of thioether (sulfide) groups is 1. The van der Waals surface area contributed by atoms with Crippen LogP contribution in [-0.2, 0) is 25.6 Å². The Kier molecular flexibility index (Phi) is 13.4. The van der Waals surface area contributed by atoms with E-state index in [0.29, 0.717) is 12.2 Å². The minimum atomic E-state index is -1.13. The first-order chi connectivity index (χ1) is 16.5. The number of aliphatic carboxylic acids is 1. The van der Waals surface area contributed by atoms with Crippen LogP contribution in [-0.4, -0.2) is 65.0 Å². The molecular weight excluding hydrogens is 468 g/mol. The summed E-state index contributed by atoms with van der Waals surface area (Å²) in [6.07, 6.45) is 2.87. The van der Waals surface area contributed by atoms with Gasteiger partial charge in [-0.05, 0) is 42.2 Å². The highest BCUT2D eigenvalue weighted by atomic mass is 32.2. The number of hydrogen-bond donors (Lipinski definition) is 5. The topological polar surface area (TPSA) is 151 Å². The fraction of sp³-hybridized carbons (Fsp3) is 0.600. The molecule has 0 saturated carbocycles. The fourth-order valence-electron chi connectivity index (χ4n) is 3.46. The van der Waals surface area contributed by atoms with Crippen molar-refractivity contribution in [3.63, 3.8) is 0 Å². The summed E-state index contributed by atoms with van der Waals surface area (Å²) in [5.74, 6) is -2.24. The van der Waals surface area contributed by atoms with Crippen LogP contribution in [0.3, 0.4) is 0 Å². The maximum absolute atomic E-state index is 13.3. The van der Waals surface area contributed by atoms with E-state index in [2.05, 4.69) is 16.0 Å². The minimum absolute atomic E-state index is 0.0595. The number of nitrogens with one attached hydrogen (secondary N) is 3. The van der Waals surface area contributed by atoms with E-state index in [1.54, 1.807) is 25.6 Å². The SMILES string of the molecule is CSCCC(N)C(=O)NC(Cc1ccccc1)C(=O)NC(C(=O)NC(CC(C)C)C(=O)O)C(C)C. The molecule has 4 unspecified atom stereocenters. The highest BCUT2D eigenvalue weighted by Crippen LogP contribution is 2.10. The molecule has 0 fully saturated rings. The molecule has 9 nitrogen and oxygen atoms in total. The predicted molar refractivity (Wildman–Crippen MR) is 139 cm³/mol. The van der Waals surface area contributed by atoms with Crippen molar-refractivity contribution in [2.75, 3.05) is 12.0 Å². The molecule has 10 heteroatoms. The molecule has 0 saturated heterocycles. The smallest absolute Gasteiger partial charge is 0.326 e. The van der Waals surface area contributed by atoms with Crippen molar-refractivity contribution >= 4 is 35.5 Å². The number of nitrogens with two attached hydrogens (primary N) is 1. The highest BCUT2D eigenvalue weighted by molar-refractivity contribution is 7.98. The fourth-order valence-corrected chi connectivity index (χ4v) is 3.95. The first-order valence-electron chi connectivity index (χ1n) is 11.9. The van der Waals surface area contributed by atoms with Crippen LogP contribution in [0.5, 0.6) is 0 Å². The zero-order valence-corrected chi connectivity index (χ0v) is 22.1. The maximum atomic E-state index is 13.3. The second kappa shape index (κ2) is 15.4. The second-order valence-electron chi connectivity index (χ2n) is 9.40. The van der Waals surface area contributed by atoms with E-state index in [1.807, 2.05) is 50.4 Å². The average molecular weight is 509 g/mol. The summed E-state index contributed by atoms with van der Waals surface area (Å²) in [6.45, 7) is 7.24. The summed E-state index contributed by atoms with van der Waals surface area (Å²) in [5.41, 5.74) is 6.82. The largest absolute Gasteiger partial charge is 0.480 e. The van der Waals surface area contributed by atoms with E-state index < -0.39 is 47.9 Å². The van der Waals surface area contributed by atoms with Gasteiger partial charge in [-0.2, -0.15) is 11.8 Å². The third-order valence-electron chi connectivity index (χ3n) is 5.45. The Morgan fingerprint density at radius 2 is 1.51 bits per heavy atom. The van der Waals surface area contributed by atoms with Crippen molar-refractivity contribution < 1.29 is 24.3 Å². The van der Waals surface area contributed by atoms with E-state index in [0.717, 1.165) is 5.56 Å². The molecule has 1 rings (SSSR count). The van der Waals surface area contributed by atoms with Gasteiger partial charge in [-0.3, -0.25) is 14.4 Å². The molecule has 0 radical (unpaired) electrons. The van der Waals surface area contributed by atoms with Crippen molar-refractivity contribution in [1.82, 2.24) is 16.0 Å². The highest BCUT2D eigenvalue weighted by Gasteiger charge is 2.32. The van der Waals surface area contributed by atoms with Gasteiger partial charge in [0.05, 0.1) is 6.04 Å². The second-order valence-corrected chi connectivity index (χ2v) is 10.4. The quantitative estimate of drug-likeness (QED) is 0.241. The Labute approximate surface area is 212 Å². The summed E-state index contributed by atoms with van der Waals surface area (Å²) >= 11 is 1.57. The van der Waals surface area contributed by atoms with Gasteiger partial charge >= 0.3 is 5.97 Å². The standard InChI is InChI=1S/C25H40N4O5S/c1-15(2)13-20(25(33)34)28-24(32)21(16(3)4)29-23(31)19(14-17-9-7-6-8-10-17)27-22(30)18(26)11-12-35-5/h6-10,15-16,18-21H,11-14,26H2,1-5H3,(H,27,30)(H,28,32)(H,29,31)(H,33,34). The van der Waals surface area contributed by atoms with Gasteiger partial charge < -0.3 is 26.8 Å². The number of hydrogen-bond acceptors (Lipinski definition) is 6. The van der Waals surface area contributed by atoms with Crippen molar-refractivity contribution in [3.05, 3.63) is 35.9 Å². The molecule has 0 bridgehead atoms. The van der Waals surface area contributed by atoms with Crippen molar-refractivity contribution in [3.8, 4) is 0 Å². The lowest BCUT2D eigenvalue weighted by Crippen LogP contribution is -2.59. The number of rotatable bonds is 15. The average Bonchev–Trinajstić information content (AvgIpc) is 2.79. The number of carbonyl (C=O) groups is 4.